The van der Waals surface area contributed by atoms with Gasteiger partial charge >= 0.3 is 0 Å². The third-order valence-electron chi connectivity index (χ3n) is 5.13. The number of sulfonamides is 1. The smallest absolute Gasteiger partial charge is 0.257 e. The van der Waals surface area contributed by atoms with E-state index in [2.05, 4.69) is 15.0 Å². The number of anilines is 1. The van der Waals surface area contributed by atoms with Gasteiger partial charge in [0.2, 0.25) is 16.8 Å². The van der Waals surface area contributed by atoms with Gasteiger partial charge in [-0.3, -0.25) is 10.1 Å². The largest absolute Gasteiger partial charge is 0.497 e. The van der Waals surface area contributed by atoms with Gasteiger partial charge in [0, 0.05) is 12.1 Å². The Balaban J connectivity index is 1.29. The van der Waals surface area contributed by atoms with Crippen LogP contribution in [0.2, 0.25) is 0 Å². The number of amides is 1. The molecule has 0 bridgehead atoms. The second-order valence-electron chi connectivity index (χ2n) is 7.35. The molecule has 0 unspecified atom stereocenters. The van der Waals surface area contributed by atoms with Crippen molar-refractivity contribution in [2.75, 3.05) is 19.2 Å². The minimum atomic E-state index is -3.86. The first-order chi connectivity index (χ1) is 16.4. The van der Waals surface area contributed by atoms with Crippen LogP contribution in [0.15, 0.2) is 65.6 Å². The second-order valence-corrected chi connectivity index (χ2v) is 10.1. The molecule has 2 N–H and O–H groups in total. The molecule has 34 heavy (non-hydrogen) atoms. The van der Waals surface area contributed by atoms with Crippen molar-refractivity contribution in [2.24, 2.45) is 0 Å². The molecule has 1 aliphatic heterocycles. The molecular formula is C23H19N3O6S2. The van der Waals surface area contributed by atoms with E-state index in [1.807, 2.05) is 6.07 Å². The van der Waals surface area contributed by atoms with E-state index in [0.29, 0.717) is 27.9 Å². The molecule has 0 aliphatic carbocycles. The summed E-state index contributed by atoms with van der Waals surface area (Å²) in [5.41, 5.74) is 1.64. The fourth-order valence-corrected chi connectivity index (χ4v) is 5.32. The predicted molar refractivity (Wildman–Crippen MR) is 127 cm³/mol. The summed E-state index contributed by atoms with van der Waals surface area (Å²) < 4.78 is 44.9. The quantitative estimate of drug-likeness (QED) is 0.399. The van der Waals surface area contributed by atoms with Gasteiger partial charge in [-0.1, -0.05) is 23.5 Å². The maximum Gasteiger partial charge on any atom is 0.257 e. The van der Waals surface area contributed by atoms with Crippen molar-refractivity contribution in [3.8, 4) is 17.2 Å². The number of methoxy groups -OCH3 is 1. The zero-order chi connectivity index (χ0) is 23.7. The Morgan fingerprint density at radius 2 is 1.94 bits per heavy atom. The Hall–Kier alpha value is -3.67. The average Bonchev–Trinajstić information content (AvgIpc) is 3.48. The van der Waals surface area contributed by atoms with E-state index in [4.69, 9.17) is 14.2 Å². The summed E-state index contributed by atoms with van der Waals surface area (Å²) in [6.07, 6.45) is 0. The molecule has 0 atom stereocenters. The molecule has 2 heterocycles. The van der Waals surface area contributed by atoms with Crippen LogP contribution < -0.4 is 24.2 Å². The number of benzene rings is 3. The van der Waals surface area contributed by atoms with E-state index in [9.17, 15) is 13.2 Å². The molecule has 174 valence electrons. The lowest BCUT2D eigenvalue weighted by Gasteiger charge is -2.09. The SMILES string of the molecule is COc1ccc2nc(NC(=O)c3cccc(S(=O)(=O)NCc4ccc5c(c4)OCO5)c3)sc2c1. The molecule has 0 spiro atoms. The third-order valence-corrected chi connectivity index (χ3v) is 7.46. The van der Waals surface area contributed by atoms with Crippen LogP contribution in [0.25, 0.3) is 10.2 Å². The van der Waals surface area contributed by atoms with Crippen molar-refractivity contribution in [2.45, 2.75) is 11.4 Å². The highest BCUT2D eigenvalue weighted by Crippen LogP contribution is 2.32. The minimum absolute atomic E-state index is 0.0186. The summed E-state index contributed by atoms with van der Waals surface area (Å²) >= 11 is 1.30. The molecule has 0 saturated heterocycles. The highest BCUT2D eigenvalue weighted by atomic mass is 32.2. The zero-order valence-corrected chi connectivity index (χ0v) is 19.5. The molecule has 1 aliphatic rings. The number of rotatable bonds is 7. The van der Waals surface area contributed by atoms with Crippen LogP contribution in [0.1, 0.15) is 15.9 Å². The summed E-state index contributed by atoms with van der Waals surface area (Å²) in [6, 6.07) is 16.5. The van der Waals surface area contributed by atoms with E-state index in [1.54, 1.807) is 43.5 Å². The van der Waals surface area contributed by atoms with Crippen LogP contribution >= 0.6 is 11.3 Å². The number of hydrogen-bond acceptors (Lipinski definition) is 8. The first-order valence-corrected chi connectivity index (χ1v) is 12.5. The molecule has 3 aromatic carbocycles. The molecule has 1 amide bonds. The van der Waals surface area contributed by atoms with Crippen LogP contribution in [-0.4, -0.2) is 33.2 Å². The summed E-state index contributed by atoms with van der Waals surface area (Å²) in [4.78, 5) is 17.1. The van der Waals surface area contributed by atoms with E-state index in [-0.39, 0.29) is 23.8 Å². The molecule has 4 aromatic rings. The van der Waals surface area contributed by atoms with Gasteiger partial charge in [-0.25, -0.2) is 18.1 Å². The van der Waals surface area contributed by atoms with Gasteiger partial charge in [0.15, 0.2) is 16.6 Å². The van der Waals surface area contributed by atoms with E-state index in [1.165, 1.54) is 29.5 Å². The second kappa shape index (κ2) is 8.93. The summed E-state index contributed by atoms with van der Waals surface area (Å²) in [5.74, 6) is 1.43. The van der Waals surface area contributed by atoms with E-state index in [0.717, 1.165) is 10.2 Å². The van der Waals surface area contributed by atoms with Crippen molar-refractivity contribution in [3.05, 3.63) is 71.8 Å². The Bertz CT molecular complexity index is 1500. The lowest BCUT2D eigenvalue weighted by Crippen LogP contribution is -2.23. The number of nitrogens with one attached hydrogen (secondary N) is 2. The van der Waals surface area contributed by atoms with Crippen molar-refractivity contribution in [3.63, 3.8) is 0 Å². The number of nitrogens with zero attached hydrogens (tertiary/aromatic N) is 1. The number of carbonyl (C=O) groups excluding carboxylic acids is 1. The Morgan fingerprint density at radius 3 is 2.79 bits per heavy atom. The van der Waals surface area contributed by atoms with Gasteiger partial charge < -0.3 is 14.2 Å². The van der Waals surface area contributed by atoms with Gasteiger partial charge in [-0.15, -0.1) is 0 Å². The summed E-state index contributed by atoms with van der Waals surface area (Å²) in [5, 5.41) is 3.14. The number of aromatic nitrogens is 1. The van der Waals surface area contributed by atoms with Crippen molar-refractivity contribution < 1.29 is 27.4 Å². The lowest BCUT2D eigenvalue weighted by molar-refractivity contribution is 0.102. The van der Waals surface area contributed by atoms with Crippen molar-refractivity contribution in [1.29, 1.82) is 0 Å². The van der Waals surface area contributed by atoms with Crippen molar-refractivity contribution in [1.82, 2.24) is 9.71 Å². The Labute approximate surface area is 199 Å². The van der Waals surface area contributed by atoms with Gasteiger partial charge in [0.05, 0.1) is 22.2 Å². The van der Waals surface area contributed by atoms with Crippen LogP contribution in [0, 0.1) is 0 Å². The highest BCUT2D eigenvalue weighted by molar-refractivity contribution is 7.89. The maximum absolute atomic E-state index is 12.8. The molecule has 9 nitrogen and oxygen atoms in total. The molecule has 11 heteroatoms. The summed E-state index contributed by atoms with van der Waals surface area (Å²) in [6.45, 7) is 0.204. The van der Waals surface area contributed by atoms with Crippen LogP contribution in [0.5, 0.6) is 17.2 Å². The van der Waals surface area contributed by atoms with Crippen LogP contribution in [-0.2, 0) is 16.6 Å². The fourth-order valence-electron chi connectivity index (χ4n) is 3.37. The van der Waals surface area contributed by atoms with Gasteiger partial charge in [0.25, 0.3) is 5.91 Å². The Morgan fingerprint density at radius 1 is 1.09 bits per heavy atom. The number of carbonyl (C=O) groups is 1. The van der Waals surface area contributed by atoms with Gasteiger partial charge in [-0.05, 0) is 54.1 Å². The van der Waals surface area contributed by atoms with Gasteiger partial charge in [-0.2, -0.15) is 0 Å². The van der Waals surface area contributed by atoms with Crippen molar-refractivity contribution >= 4 is 42.6 Å². The lowest BCUT2D eigenvalue weighted by atomic mass is 10.2. The minimum Gasteiger partial charge on any atom is -0.497 e. The monoisotopic (exact) mass is 497 g/mol. The zero-order valence-electron chi connectivity index (χ0n) is 17.9. The average molecular weight is 498 g/mol. The normalized spacial score (nSPS) is 12.6. The first kappa shape index (κ1) is 22.1. The molecular weight excluding hydrogens is 478 g/mol. The Kier molecular flexibility index (Phi) is 5.82. The number of thiazole rings is 1. The molecule has 0 fully saturated rings. The maximum atomic E-state index is 12.8. The summed E-state index contributed by atoms with van der Waals surface area (Å²) in [7, 11) is -2.28. The third kappa shape index (κ3) is 4.53. The fraction of sp³-hybridized carbons (Fsp3) is 0.130. The van der Waals surface area contributed by atoms with E-state index >= 15 is 0 Å². The van der Waals surface area contributed by atoms with E-state index < -0.39 is 15.9 Å². The molecule has 0 saturated carbocycles. The van der Waals surface area contributed by atoms with Gasteiger partial charge in [0.1, 0.15) is 5.75 Å². The molecule has 0 radical (unpaired) electrons. The van der Waals surface area contributed by atoms with Crippen LogP contribution in [0.3, 0.4) is 0 Å². The molecule has 5 rings (SSSR count). The predicted octanol–water partition coefficient (Wildman–Crippen LogP) is 3.76. The topological polar surface area (TPSA) is 116 Å². The van der Waals surface area contributed by atoms with Crippen LogP contribution in [0.4, 0.5) is 5.13 Å². The standard InChI is InChI=1S/C23H19N3O6S2/c1-30-16-6-7-18-21(11-16)33-23(25-18)26-22(27)15-3-2-4-17(10-15)34(28,29)24-12-14-5-8-19-20(9-14)32-13-31-19/h2-11,24H,12-13H2,1H3,(H,25,26,27). The highest BCUT2D eigenvalue weighted by Gasteiger charge is 2.19. The number of fused-ring (bicyclic) bond motifs is 2. The molecule has 1 aromatic heterocycles. The number of ether oxygens (including phenoxy) is 3. The number of hydrogen-bond donors (Lipinski definition) is 2. The first-order valence-electron chi connectivity index (χ1n) is 10.2.